The van der Waals surface area contributed by atoms with E-state index in [1.807, 2.05) is 4.90 Å². The number of pyridine rings is 1. The summed E-state index contributed by atoms with van der Waals surface area (Å²) >= 11 is 0. The Bertz CT molecular complexity index is 1210. The summed E-state index contributed by atoms with van der Waals surface area (Å²) in [6.07, 6.45) is 5.33. The molecule has 1 aliphatic rings. The van der Waals surface area contributed by atoms with E-state index < -0.39 is 0 Å². The molecule has 4 rings (SSSR count). The lowest BCUT2D eigenvalue weighted by Gasteiger charge is -2.26. The van der Waals surface area contributed by atoms with E-state index in [0.29, 0.717) is 53.4 Å². The Kier molecular flexibility index (Phi) is 7.05. The van der Waals surface area contributed by atoms with Crippen molar-refractivity contribution in [2.75, 3.05) is 30.7 Å². The number of piperidine rings is 1. The molecule has 10 heteroatoms. The van der Waals surface area contributed by atoms with Crippen molar-refractivity contribution in [3.05, 3.63) is 47.7 Å². The normalized spacial score (nSPS) is 13.6. The van der Waals surface area contributed by atoms with Gasteiger partial charge in [-0.1, -0.05) is 6.07 Å². The Hall–Kier alpha value is -3.95. The SMILES string of the molecule is CC(=O)NCCCn1c(NC(=O)c2cccc(N)c2)nc2cc(C(=O)N3CCCCC3)cnc21. The molecule has 34 heavy (non-hydrogen) atoms. The van der Waals surface area contributed by atoms with Crippen molar-refractivity contribution in [3.8, 4) is 0 Å². The van der Waals surface area contributed by atoms with E-state index in [2.05, 4.69) is 20.6 Å². The van der Waals surface area contributed by atoms with Gasteiger partial charge in [-0.25, -0.2) is 9.97 Å². The maximum Gasteiger partial charge on any atom is 0.258 e. The summed E-state index contributed by atoms with van der Waals surface area (Å²) in [5.74, 6) is -0.194. The molecule has 0 bridgehead atoms. The Morgan fingerprint density at radius 2 is 1.88 bits per heavy atom. The van der Waals surface area contributed by atoms with Crippen LogP contribution in [0.5, 0.6) is 0 Å². The lowest BCUT2D eigenvalue weighted by Crippen LogP contribution is -2.35. The molecule has 1 aromatic carbocycles. The van der Waals surface area contributed by atoms with E-state index in [1.54, 1.807) is 41.1 Å². The molecule has 1 saturated heterocycles. The van der Waals surface area contributed by atoms with Gasteiger partial charge in [0, 0.05) is 50.6 Å². The number of benzene rings is 1. The van der Waals surface area contributed by atoms with Crippen LogP contribution in [0.4, 0.5) is 11.6 Å². The van der Waals surface area contributed by atoms with Crippen molar-refractivity contribution in [3.63, 3.8) is 0 Å². The summed E-state index contributed by atoms with van der Waals surface area (Å²) in [6, 6.07) is 8.40. The maximum atomic E-state index is 12.9. The fourth-order valence-corrected chi connectivity index (χ4v) is 4.07. The highest BCUT2D eigenvalue weighted by Crippen LogP contribution is 2.22. The second-order valence-corrected chi connectivity index (χ2v) is 8.42. The number of fused-ring (bicyclic) bond motifs is 1. The highest BCUT2D eigenvalue weighted by molar-refractivity contribution is 6.04. The van der Waals surface area contributed by atoms with Gasteiger partial charge in [0.05, 0.1) is 5.56 Å². The van der Waals surface area contributed by atoms with Crippen LogP contribution >= 0.6 is 0 Å². The first-order valence-electron chi connectivity index (χ1n) is 11.5. The molecular formula is C24H29N7O3. The minimum absolute atomic E-state index is 0.0559. The molecule has 3 amide bonds. The van der Waals surface area contributed by atoms with Crippen LogP contribution in [-0.4, -0.2) is 56.8 Å². The Morgan fingerprint density at radius 3 is 2.62 bits per heavy atom. The molecule has 0 aliphatic carbocycles. The summed E-state index contributed by atoms with van der Waals surface area (Å²) < 4.78 is 1.79. The van der Waals surface area contributed by atoms with Crippen molar-refractivity contribution < 1.29 is 14.4 Å². The number of carbonyl (C=O) groups is 3. The van der Waals surface area contributed by atoms with Crippen LogP contribution < -0.4 is 16.4 Å². The van der Waals surface area contributed by atoms with Gasteiger partial charge in [0.2, 0.25) is 11.9 Å². The van der Waals surface area contributed by atoms with Crippen molar-refractivity contribution in [1.82, 2.24) is 24.8 Å². The number of imidazole rings is 1. The van der Waals surface area contributed by atoms with Gasteiger partial charge in [0.15, 0.2) is 5.65 Å². The van der Waals surface area contributed by atoms with Crippen LogP contribution in [0.15, 0.2) is 36.5 Å². The van der Waals surface area contributed by atoms with E-state index in [9.17, 15) is 14.4 Å². The molecule has 0 saturated carbocycles. The van der Waals surface area contributed by atoms with Crippen molar-refractivity contribution in [2.45, 2.75) is 39.2 Å². The minimum atomic E-state index is -0.352. The van der Waals surface area contributed by atoms with Crippen LogP contribution in [0.25, 0.3) is 11.2 Å². The van der Waals surface area contributed by atoms with E-state index in [4.69, 9.17) is 5.73 Å². The predicted octanol–water partition coefficient (Wildman–Crippen LogP) is 2.42. The monoisotopic (exact) mass is 463 g/mol. The van der Waals surface area contributed by atoms with E-state index >= 15 is 0 Å². The molecule has 0 atom stereocenters. The van der Waals surface area contributed by atoms with Crippen molar-refractivity contribution >= 4 is 40.5 Å². The average molecular weight is 464 g/mol. The molecule has 1 aliphatic heterocycles. The molecule has 178 valence electrons. The Morgan fingerprint density at radius 1 is 1.09 bits per heavy atom. The van der Waals surface area contributed by atoms with Crippen LogP contribution in [-0.2, 0) is 11.3 Å². The first-order chi connectivity index (χ1) is 16.4. The zero-order valence-corrected chi connectivity index (χ0v) is 19.2. The minimum Gasteiger partial charge on any atom is -0.399 e. The number of rotatable bonds is 7. The number of aromatic nitrogens is 3. The Balaban J connectivity index is 1.62. The first kappa shape index (κ1) is 23.2. The fourth-order valence-electron chi connectivity index (χ4n) is 4.07. The van der Waals surface area contributed by atoms with Gasteiger partial charge in [-0.2, -0.15) is 0 Å². The highest BCUT2D eigenvalue weighted by atomic mass is 16.2. The van der Waals surface area contributed by atoms with E-state index in [1.165, 1.54) is 6.92 Å². The molecule has 3 heterocycles. The molecule has 3 aromatic rings. The smallest absolute Gasteiger partial charge is 0.258 e. The van der Waals surface area contributed by atoms with E-state index in [-0.39, 0.29) is 17.7 Å². The number of amides is 3. The van der Waals surface area contributed by atoms with Gasteiger partial charge in [-0.15, -0.1) is 0 Å². The highest BCUT2D eigenvalue weighted by Gasteiger charge is 2.21. The Labute approximate surface area is 197 Å². The number of anilines is 2. The summed E-state index contributed by atoms with van der Waals surface area (Å²) in [4.78, 5) is 47.9. The summed E-state index contributed by atoms with van der Waals surface area (Å²) in [7, 11) is 0. The quantitative estimate of drug-likeness (QED) is 0.364. The average Bonchev–Trinajstić information content (AvgIpc) is 3.17. The summed E-state index contributed by atoms with van der Waals surface area (Å²) in [5, 5.41) is 5.60. The predicted molar refractivity (Wildman–Crippen MR) is 129 cm³/mol. The number of nitrogen functional groups attached to an aromatic ring is 1. The van der Waals surface area contributed by atoms with Gasteiger partial charge >= 0.3 is 0 Å². The van der Waals surface area contributed by atoms with Crippen LogP contribution in [0.3, 0.4) is 0 Å². The molecule has 1 fully saturated rings. The van der Waals surface area contributed by atoms with Crippen LogP contribution in [0.1, 0.15) is 53.3 Å². The van der Waals surface area contributed by atoms with Gasteiger partial charge in [-0.05, 0) is 49.9 Å². The molecular weight excluding hydrogens is 434 g/mol. The number of likely N-dealkylation sites (tertiary alicyclic amines) is 1. The number of hydrogen-bond donors (Lipinski definition) is 3. The number of nitrogens with one attached hydrogen (secondary N) is 2. The number of nitrogens with zero attached hydrogens (tertiary/aromatic N) is 4. The number of aryl methyl sites for hydroxylation is 1. The molecule has 0 spiro atoms. The lowest BCUT2D eigenvalue weighted by atomic mass is 10.1. The van der Waals surface area contributed by atoms with Gasteiger partial charge in [0.1, 0.15) is 5.52 Å². The second kappa shape index (κ2) is 10.3. The molecule has 2 aromatic heterocycles. The largest absolute Gasteiger partial charge is 0.399 e. The molecule has 10 nitrogen and oxygen atoms in total. The van der Waals surface area contributed by atoms with Crippen LogP contribution in [0, 0.1) is 0 Å². The molecule has 0 unspecified atom stereocenters. The number of nitrogens with two attached hydrogens (primary N) is 1. The fraction of sp³-hybridized carbons (Fsp3) is 0.375. The number of carbonyl (C=O) groups excluding carboxylic acids is 3. The molecule has 4 N–H and O–H groups in total. The molecule has 0 radical (unpaired) electrons. The third-order valence-corrected chi connectivity index (χ3v) is 5.78. The third-order valence-electron chi connectivity index (χ3n) is 5.78. The lowest BCUT2D eigenvalue weighted by molar-refractivity contribution is -0.118. The maximum absolute atomic E-state index is 12.9. The zero-order chi connectivity index (χ0) is 24.1. The first-order valence-corrected chi connectivity index (χ1v) is 11.5. The standard InChI is InChI=1S/C24H29N7O3/c1-16(32)26-9-6-12-31-21-20(14-18(15-27-21)23(34)30-10-3-2-4-11-30)28-24(31)29-22(33)17-7-5-8-19(25)13-17/h5,7-8,13-15H,2-4,6,9-12,25H2,1H3,(H,26,32)(H,28,29,33). The number of hydrogen-bond acceptors (Lipinski definition) is 6. The third kappa shape index (κ3) is 5.33. The van der Waals surface area contributed by atoms with Crippen molar-refractivity contribution in [2.24, 2.45) is 0 Å². The summed E-state index contributed by atoms with van der Waals surface area (Å²) in [6.45, 7) is 3.90. The van der Waals surface area contributed by atoms with Crippen molar-refractivity contribution in [1.29, 1.82) is 0 Å². The van der Waals surface area contributed by atoms with Gasteiger partial charge in [-0.3, -0.25) is 24.3 Å². The van der Waals surface area contributed by atoms with E-state index in [0.717, 1.165) is 32.4 Å². The second-order valence-electron chi connectivity index (χ2n) is 8.42. The summed E-state index contributed by atoms with van der Waals surface area (Å²) in [5.41, 5.74) is 8.26. The zero-order valence-electron chi connectivity index (χ0n) is 19.2. The van der Waals surface area contributed by atoms with Gasteiger partial charge < -0.3 is 16.0 Å². The van der Waals surface area contributed by atoms with Gasteiger partial charge in [0.25, 0.3) is 11.8 Å². The topological polar surface area (TPSA) is 135 Å². The van der Waals surface area contributed by atoms with Crippen LogP contribution in [0.2, 0.25) is 0 Å².